The van der Waals surface area contributed by atoms with E-state index in [4.69, 9.17) is 18.9 Å². The Balaban J connectivity index is 1.46. The second-order valence-corrected chi connectivity index (χ2v) is 10.5. The predicted octanol–water partition coefficient (Wildman–Crippen LogP) is 4.12. The van der Waals surface area contributed by atoms with Gasteiger partial charge < -0.3 is 34.5 Å². The van der Waals surface area contributed by atoms with E-state index in [0.717, 1.165) is 74.7 Å². The maximum Gasteiger partial charge on any atom is 0.222 e. The molecule has 1 saturated heterocycles. The van der Waals surface area contributed by atoms with E-state index in [-0.39, 0.29) is 29.9 Å². The molecule has 39 heavy (non-hydrogen) atoms. The van der Waals surface area contributed by atoms with Gasteiger partial charge in [0.1, 0.15) is 18.1 Å². The Labute approximate surface area is 233 Å². The number of carbonyl (C=O) groups is 1. The molecule has 4 rings (SSSR count). The zero-order chi connectivity index (χ0) is 27.6. The summed E-state index contributed by atoms with van der Waals surface area (Å²) in [6.45, 7) is 6.62. The zero-order valence-electron chi connectivity index (χ0n) is 23.9. The molecule has 0 radical (unpaired) electrons. The molecule has 214 valence electrons. The highest BCUT2D eigenvalue weighted by atomic mass is 16.5. The third-order valence-corrected chi connectivity index (χ3v) is 8.04. The van der Waals surface area contributed by atoms with Gasteiger partial charge in [0.2, 0.25) is 5.91 Å². The molecular weight excluding hydrogens is 494 g/mol. The van der Waals surface area contributed by atoms with Crippen LogP contribution in [0.4, 0.5) is 5.69 Å². The average molecular weight is 540 g/mol. The smallest absolute Gasteiger partial charge is 0.222 e. The lowest BCUT2D eigenvalue weighted by Crippen LogP contribution is -2.48. The van der Waals surface area contributed by atoms with Crippen LogP contribution in [0.1, 0.15) is 49.7 Å². The van der Waals surface area contributed by atoms with Crippen LogP contribution >= 0.6 is 0 Å². The fourth-order valence-electron chi connectivity index (χ4n) is 5.77. The Morgan fingerprint density at radius 2 is 2.03 bits per heavy atom. The van der Waals surface area contributed by atoms with Gasteiger partial charge in [0, 0.05) is 51.7 Å². The molecule has 2 N–H and O–H groups in total. The molecule has 2 aliphatic heterocycles. The quantitative estimate of drug-likeness (QED) is 0.371. The molecule has 2 aromatic carbocycles. The van der Waals surface area contributed by atoms with Crippen LogP contribution in [0, 0.1) is 5.92 Å². The summed E-state index contributed by atoms with van der Waals surface area (Å²) in [5, 5.41) is 6.51. The van der Waals surface area contributed by atoms with E-state index < -0.39 is 0 Å². The molecule has 2 heterocycles. The Hall–Kier alpha value is -2.81. The monoisotopic (exact) mass is 539 g/mol. The van der Waals surface area contributed by atoms with Crippen LogP contribution in [0.5, 0.6) is 11.5 Å². The Bertz CT molecular complexity index is 1050. The SMILES string of the molecule is CCC(C[C@H]1C[C@H](c2ccc(OC)cc2)[C@@H](OCc2ccc3c(c2)N(CCCOC)CCO3)CN1)C(=O)NC. The maximum atomic E-state index is 12.4. The number of nitrogens with zero attached hydrogens (tertiary/aromatic N) is 1. The van der Waals surface area contributed by atoms with Gasteiger partial charge in [0.25, 0.3) is 0 Å². The lowest BCUT2D eigenvalue weighted by molar-refractivity contribution is -0.125. The number of hydrogen-bond donors (Lipinski definition) is 2. The van der Waals surface area contributed by atoms with Gasteiger partial charge in [0.15, 0.2) is 0 Å². The molecule has 1 amide bonds. The molecule has 1 unspecified atom stereocenters. The van der Waals surface area contributed by atoms with Gasteiger partial charge in [-0.2, -0.15) is 0 Å². The highest BCUT2D eigenvalue weighted by molar-refractivity contribution is 5.78. The van der Waals surface area contributed by atoms with Gasteiger partial charge in [0.05, 0.1) is 32.1 Å². The standard InChI is InChI=1S/C31H45N3O5/c1-5-23(31(35)32-2)18-25-19-27(24-8-10-26(37-4)11-9-24)30(20-33-25)39-21-22-7-12-29-28(17-22)34(14-16-38-29)13-6-15-36-3/h7-12,17,23,25,27,30,33H,5-6,13-16,18-21H2,1-4H3,(H,32,35)/t23?,25-,27+,30-/m0/s1. The molecule has 1 fully saturated rings. The topological polar surface area (TPSA) is 81.3 Å². The van der Waals surface area contributed by atoms with Crippen molar-refractivity contribution in [3.05, 3.63) is 53.6 Å². The maximum absolute atomic E-state index is 12.4. The summed E-state index contributed by atoms with van der Waals surface area (Å²) < 4.78 is 23.2. The number of methoxy groups -OCH3 is 2. The number of rotatable bonds is 13. The summed E-state index contributed by atoms with van der Waals surface area (Å²) in [5.74, 6) is 2.12. The number of amides is 1. The number of anilines is 1. The molecule has 0 saturated carbocycles. The lowest BCUT2D eigenvalue weighted by atomic mass is 9.81. The number of hydrogen-bond acceptors (Lipinski definition) is 7. The van der Waals surface area contributed by atoms with Gasteiger partial charge in [-0.05, 0) is 61.1 Å². The first-order valence-electron chi connectivity index (χ1n) is 14.3. The van der Waals surface area contributed by atoms with Gasteiger partial charge >= 0.3 is 0 Å². The van der Waals surface area contributed by atoms with E-state index in [1.54, 1.807) is 21.3 Å². The van der Waals surface area contributed by atoms with Crippen molar-refractivity contribution in [2.45, 2.75) is 57.3 Å². The van der Waals surface area contributed by atoms with E-state index in [9.17, 15) is 4.79 Å². The highest BCUT2D eigenvalue weighted by Crippen LogP contribution is 2.36. The van der Waals surface area contributed by atoms with Crippen LogP contribution in [-0.2, 0) is 20.9 Å². The lowest BCUT2D eigenvalue weighted by Gasteiger charge is -2.38. The summed E-state index contributed by atoms with van der Waals surface area (Å²) in [4.78, 5) is 14.7. The zero-order valence-corrected chi connectivity index (χ0v) is 23.9. The molecule has 0 aliphatic carbocycles. The van der Waals surface area contributed by atoms with Crippen LogP contribution < -0.4 is 25.0 Å². The van der Waals surface area contributed by atoms with Crippen molar-refractivity contribution < 1.29 is 23.7 Å². The largest absolute Gasteiger partial charge is 0.497 e. The Morgan fingerprint density at radius 3 is 2.74 bits per heavy atom. The minimum Gasteiger partial charge on any atom is -0.497 e. The van der Waals surface area contributed by atoms with E-state index in [2.05, 4.69) is 52.8 Å². The van der Waals surface area contributed by atoms with Crippen molar-refractivity contribution in [2.24, 2.45) is 5.92 Å². The van der Waals surface area contributed by atoms with Crippen molar-refractivity contribution in [1.82, 2.24) is 10.6 Å². The van der Waals surface area contributed by atoms with Gasteiger partial charge in [-0.3, -0.25) is 4.79 Å². The summed E-state index contributed by atoms with van der Waals surface area (Å²) in [6.07, 6.45) is 3.55. The van der Waals surface area contributed by atoms with Crippen LogP contribution in [0.3, 0.4) is 0 Å². The number of nitrogens with one attached hydrogen (secondary N) is 2. The van der Waals surface area contributed by atoms with Crippen LogP contribution in [0.25, 0.3) is 0 Å². The van der Waals surface area contributed by atoms with Gasteiger partial charge in [-0.1, -0.05) is 25.1 Å². The fourth-order valence-corrected chi connectivity index (χ4v) is 5.77. The highest BCUT2D eigenvalue weighted by Gasteiger charge is 2.34. The number of benzene rings is 2. The molecular formula is C31H45N3O5. The first kappa shape index (κ1) is 29.2. The summed E-state index contributed by atoms with van der Waals surface area (Å²) in [6, 6.07) is 15.0. The third-order valence-electron chi connectivity index (χ3n) is 8.04. The van der Waals surface area contributed by atoms with E-state index >= 15 is 0 Å². The number of ether oxygens (including phenoxy) is 4. The number of piperidine rings is 1. The molecule has 0 aromatic heterocycles. The molecule has 2 aromatic rings. The van der Waals surface area contributed by atoms with E-state index in [1.807, 2.05) is 12.1 Å². The average Bonchev–Trinajstić information content (AvgIpc) is 2.99. The van der Waals surface area contributed by atoms with Gasteiger partial charge in [-0.15, -0.1) is 0 Å². The molecule has 2 aliphatic rings. The molecule has 0 bridgehead atoms. The molecule has 4 atom stereocenters. The van der Waals surface area contributed by atoms with E-state index in [0.29, 0.717) is 13.2 Å². The van der Waals surface area contributed by atoms with E-state index in [1.165, 1.54) is 5.56 Å². The van der Waals surface area contributed by atoms with Gasteiger partial charge in [-0.25, -0.2) is 0 Å². The summed E-state index contributed by atoms with van der Waals surface area (Å²) in [7, 11) is 5.15. The molecule has 8 heteroatoms. The second kappa shape index (κ2) is 14.5. The van der Waals surface area contributed by atoms with Crippen LogP contribution in [0.2, 0.25) is 0 Å². The van der Waals surface area contributed by atoms with Crippen molar-refractivity contribution in [2.75, 3.05) is 59.0 Å². The van der Waals surface area contributed by atoms with Crippen molar-refractivity contribution in [1.29, 1.82) is 0 Å². The first-order chi connectivity index (χ1) is 19.1. The minimum atomic E-state index is 0.00559. The minimum absolute atomic E-state index is 0.00559. The number of carbonyl (C=O) groups excluding carboxylic acids is 1. The second-order valence-electron chi connectivity index (χ2n) is 10.5. The number of fused-ring (bicyclic) bond motifs is 1. The third kappa shape index (κ3) is 7.65. The van der Waals surface area contributed by atoms with Crippen LogP contribution in [-0.4, -0.2) is 72.2 Å². The molecule has 0 spiro atoms. The Morgan fingerprint density at radius 1 is 1.21 bits per heavy atom. The van der Waals surface area contributed by atoms with Crippen molar-refractivity contribution in [3.8, 4) is 11.5 Å². The van der Waals surface area contributed by atoms with Crippen molar-refractivity contribution in [3.63, 3.8) is 0 Å². The first-order valence-corrected chi connectivity index (χ1v) is 14.3. The predicted molar refractivity (Wildman–Crippen MR) is 154 cm³/mol. The van der Waals surface area contributed by atoms with Crippen molar-refractivity contribution >= 4 is 11.6 Å². The molecule has 8 nitrogen and oxygen atoms in total. The van der Waals surface area contributed by atoms with Crippen LogP contribution in [0.15, 0.2) is 42.5 Å². The normalized spacial score (nSPS) is 21.5. The summed E-state index contributed by atoms with van der Waals surface area (Å²) >= 11 is 0. The fraction of sp³-hybridized carbons (Fsp3) is 0.581. The summed E-state index contributed by atoms with van der Waals surface area (Å²) in [5.41, 5.74) is 3.51. The Kier molecular flexibility index (Phi) is 10.9.